The van der Waals surface area contributed by atoms with Crippen LogP contribution < -0.4 is 5.32 Å². The number of anilines is 1. The average molecular weight is 346 g/mol. The summed E-state index contributed by atoms with van der Waals surface area (Å²) in [5.74, 6) is 1.07. The molecule has 4 rings (SSSR count). The van der Waals surface area contributed by atoms with Crippen LogP contribution in [0.3, 0.4) is 0 Å². The first-order valence-corrected chi connectivity index (χ1v) is 9.00. The highest BCUT2D eigenvalue weighted by Gasteiger charge is 2.44. The first-order valence-electron chi connectivity index (χ1n) is 9.00. The molecule has 5 nitrogen and oxygen atoms in total. The molecule has 1 aliphatic rings. The van der Waals surface area contributed by atoms with E-state index in [0.29, 0.717) is 11.7 Å². The van der Waals surface area contributed by atoms with Gasteiger partial charge >= 0.3 is 0 Å². The molecule has 0 bridgehead atoms. The van der Waals surface area contributed by atoms with Crippen LogP contribution in [0.2, 0.25) is 0 Å². The molecule has 1 saturated carbocycles. The normalized spacial score (nSPS) is 18.5. The van der Waals surface area contributed by atoms with E-state index in [4.69, 9.17) is 0 Å². The van der Waals surface area contributed by atoms with Gasteiger partial charge in [-0.2, -0.15) is 5.10 Å². The first kappa shape index (κ1) is 16.5. The zero-order valence-electron chi connectivity index (χ0n) is 14.8. The summed E-state index contributed by atoms with van der Waals surface area (Å²) in [6, 6.07) is 16.1. The topological polar surface area (TPSA) is 59.8 Å². The first-order chi connectivity index (χ1) is 12.7. The minimum atomic E-state index is 0.0507. The van der Waals surface area contributed by atoms with Gasteiger partial charge in [0.05, 0.1) is 0 Å². The van der Waals surface area contributed by atoms with Crippen molar-refractivity contribution in [3.63, 3.8) is 0 Å². The lowest BCUT2D eigenvalue weighted by molar-refractivity contribution is -0.117. The predicted molar refractivity (Wildman–Crippen MR) is 101 cm³/mol. The summed E-state index contributed by atoms with van der Waals surface area (Å²) in [6.07, 6.45) is 5.42. The zero-order valence-corrected chi connectivity index (χ0v) is 14.8. The van der Waals surface area contributed by atoms with Gasteiger partial charge in [0.25, 0.3) is 0 Å². The van der Waals surface area contributed by atoms with Gasteiger partial charge in [-0.3, -0.25) is 14.5 Å². The van der Waals surface area contributed by atoms with Crippen LogP contribution in [0.15, 0.2) is 60.9 Å². The highest BCUT2D eigenvalue weighted by Crippen LogP contribution is 2.48. The van der Waals surface area contributed by atoms with E-state index in [-0.39, 0.29) is 11.8 Å². The molecule has 0 unspecified atom stereocenters. The Morgan fingerprint density at radius 2 is 2.04 bits per heavy atom. The molecule has 26 heavy (non-hydrogen) atoms. The van der Waals surface area contributed by atoms with Crippen LogP contribution in [0.4, 0.5) is 5.82 Å². The Labute approximate surface area is 153 Å². The van der Waals surface area contributed by atoms with Crippen molar-refractivity contribution in [1.29, 1.82) is 0 Å². The van der Waals surface area contributed by atoms with Crippen LogP contribution in [-0.2, 0) is 17.8 Å². The van der Waals surface area contributed by atoms with Crippen molar-refractivity contribution in [1.82, 2.24) is 14.8 Å². The monoisotopic (exact) mass is 346 g/mol. The van der Waals surface area contributed by atoms with Crippen LogP contribution in [-0.4, -0.2) is 20.7 Å². The molecular formula is C21H22N4O. The number of hydrogen-bond donors (Lipinski definition) is 1. The highest BCUT2D eigenvalue weighted by molar-refractivity contribution is 5.94. The van der Waals surface area contributed by atoms with Crippen molar-refractivity contribution < 1.29 is 4.79 Å². The number of benzene rings is 1. The zero-order chi connectivity index (χ0) is 17.9. The quantitative estimate of drug-likeness (QED) is 0.742. The molecule has 132 valence electrons. The lowest BCUT2D eigenvalue weighted by Crippen LogP contribution is -2.15. The van der Waals surface area contributed by atoms with Crippen molar-refractivity contribution in [2.75, 3.05) is 5.32 Å². The molecule has 1 fully saturated rings. The van der Waals surface area contributed by atoms with Crippen LogP contribution in [0.25, 0.3) is 0 Å². The molecule has 0 spiro atoms. The van der Waals surface area contributed by atoms with E-state index in [1.54, 1.807) is 6.20 Å². The molecule has 0 aliphatic heterocycles. The number of aromatic nitrogens is 3. The minimum absolute atomic E-state index is 0.0507. The van der Waals surface area contributed by atoms with Gasteiger partial charge in [0, 0.05) is 43.0 Å². The lowest BCUT2D eigenvalue weighted by atomic mass is 10.0. The third-order valence-corrected chi connectivity index (χ3v) is 4.93. The number of nitrogens with one attached hydrogen (secondary N) is 1. The maximum Gasteiger partial charge on any atom is 0.229 e. The van der Waals surface area contributed by atoms with Gasteiger partial charge in [0.15, 0.2) is 5.82 Å². The number of hydrogen-bond acceptors (Lipinski definition) is 3. The second-order valence-electron chi connectivity index (χ2n) is 6.83. The Balaban J connectivity index is 1.32. The van der Waals surface area contributed by atoms with E-state index in [1.807, 2.05) is 47.3 Å². The summed E-state index contributed by atoms with van der Waals surface area (Å²) in [4.78, 5) is 16.8. The molecule has 5 heteroatoms. The Morgan fingerprint density at radius 1 is 1.19 bits per heavy atom. The van der Waals surface area contributed by atoms with Gasteiger partial charge in [-0.25, -0.2) is 0 Å². The molecule has 1 aromatic carbocycles. The van der Waals surface area contributed by atoms with E-state index >= 15 is 0 Å². The molecule has 2 aromatic heterocycles. The number of pyridine rings is 1. The van der Waals surface area contributed by atoms with Crippen molar-refractivity contribution in [3.05, 3.63) is 77.7 Å². The third-order valence-electron chi connectivity index (χ3n) is 4.93. The second kappa shape index (κ2) is 7.12. The summed E-state index contributed by atoms with van der Waals surface area (Å²) in [7, 11) is 0. The summed E-state index contributed by atoms with van der Waals surface area (Å²) in [5.41, 5.74) is 3.58. The minimum Gasteiger partial charge on any atom is -0.309 e. The molecule has 3 aromatic rings. The molecule has 1 amide bonds. The highest BCUT2D eigenvalue weighted by atomic mass is 16.2. The van der Waals surface area contributed by atoms with Crippen LogP contribution in [0, 0.1) is 12.8 Å². The second-order valence-corrected chi connectivity index (χ2v) is 6.83. The molecule has 2 atom stereocenters. The Kier molecular flexibility index (Phi) is 4.52. The molecular weight excluding hydrogens is 324 g/mol. The SMILES string of the molecule is Cc1ccccc1[C@@H]1C[C@H]1C(=O)Nc1ccn(CCc2ccccn2)n1. The van der Waals surface area contributed by atoms with Gasteiger partial charge in [-0.1, -0.05) is 30.3 Å². The van der Waals surface area contributed by atoms with E-state index in [0.717, 1.165) is 25.1 Å². The van der Waals surface area contributed by atoms with Crippen molar-refractivity contribution in [2.45, 2.75) is 32.2 Å². The van der Waals surface area contributed by atoms with Gasteiger partial charge in [0.1, 0.15) is 0 Å². The molecule has 0 radical (unpaired) electrons. The van der Waals surface area contributed by atoms with Crippen LogP contribution >= 0.6 is 0 Å². The van der Waals surface area contributed by atoms with E-state index in [1.165, 1.54) is 11.1 Å². The number of carbonyl (C=O) groups is 1. The van der Waals surface area contributed by atoms with E-state index in [2.05, 4.69) is 34.5 Å². The number of carbonyl (C=O) groups excluding carboxylic acids is 1. The summed E-state index contributed by atoms with van der Waals surface area (Å²) >= 11 is 0. The predicted octanol–water partition coefficient (Wildman–Crippen LogP) is 3.57. The standard InChI is InChI=1S/C21H22N4O/c1-15-6-2-3-8-17(15)18-14-19(18)21(26)23-20-10-13-25(24-20)12-9-16-7-4-5-11-22-16/h2-8,10-11,13,18-19H,9,12,14H2,1H3,(H,23,24,26)/t18-,19+/m0/s1. The molecule has 1 N–H and O–H groups in total. The van der Waals surface area contributed by atoms with Gasteiger partial charge in [-0.05, 0) is 42.5 Å². The molecule has 2 heterocycles. The average Bonchev–Trinajstić information content (AvgIpc) is 3.34. The van der Waals surface area contributed by atoms with Crippen LogP contribution in [0.5, 0.6) is 0 Å². The maximum absolute atomic E-state index is 12.5. The van der Waals surface area contributed by atoms with Crippen molar-refractivity contribution in [2.24, 2.45) is 5.92 Å². The van der Waals surface area contributed by atoms with Crippen molar-refractivity contribution >= 4 is 11.7 Å². The Bertz CT molecular complexity index is 903. The fourth-order valence-corrected chi connectivity index (χ4v) is 3.38. The van der Waals surface area contributed by atoms with Gasteiger partial charge in [-0.15, -0.1) is 0 Å². The van der Waals surface area contributed by atoms with Gasteiger partial charge < -0.3 is 5.32 Å². The molecule has 1 aliphatic carbocycles. The Morgan fingerprint density at radius 3 is 2.85 bits per heavy atom. The smallest absolute Gasteiger partial charge is 0.229 e. The largest absolute Gasteiger partial charge is 0.309 e. The fraction of sp³-hybridized carbons (Fsp3) is 0.286. The number of rotatable bonds is 6. The third kappa shape index (κ3) is 3.67. The lowest BCUT2D eigenvalue weighted by Gasteiger charge is -2.05. The van der Waals surface area contributed by atoms with Crippen LogP contribution in [0.1, 0.15) is 29.2 Å². The Hall–Kier alpha value is -2.95. The van der Waals surface area contributed by atoms with E-state index in [9.17, 15) is 4.79 Å². The van der Waals surface area contributed by atoms with E-state index < -0.39 is 0 Å². The summed E-state index contributed by atoms with van der Waals surface area (Å²) < 4.78 is 1.84. The summed E-state index contributed by atoms with van der Waals surface area (Å²) in [5, 5.41) is 7.40. The number of aryl methyl sites for hydroxylation is 3. The van der Waals surface area contributed by atoms with Crippen molar-refractivity contribution in [3.8, 4) is 0 Å². The number of nitrogens with zero attached hydrogens (tertiary/aromatic N) is 3. The fourth-order valence-electron chi connectivity index (χ4n) is 3.38. The van der Waals surface area contributed by atoms with Gasteiger partial charge in [0.2, 0.25) is 5.91 Å². The summed E-state index contributed by atoms with van der Waals surface area (Å²) in [6.45, 7) is 2.84. The molecule has 0 saturated heterocycles. The maximum atomic E-state index is 12.5. The number of amides is 1.